The summed E-state index contributed by atoms with van der Waals surface area (Å²) in [5, 5.41) is 4.85. The largest absolute Gasteiger partial charge is 0.375 e. The monoisotopic (exact) mass is 310 g/mol. The maximum Gasteiger partial charge on any atom is 0.161 e. The normalized spacial score (nSPS) is 44.9. The van der Waals surface area contributed by atoms with Gasteiger partial charge >= 0.3 is 0 Å². The van der Waals surface area contributed by atoms with Crippen molar-refractivity contribution in [1.29, 1.82) is 0 Å². The molecule has 1 saturated heterocycles. The molecule has 1 spiro atoms. The maximum absolute atomic E-state index is 6.05. The average Bonchev–Trinajstić information content (AvgIpc) is 2.99. The number of nitrogens with one attached hydrogen (secondary N) is 1. The first-order valence-electron chi connectivity index (χ1n) is 8.32. The molecular formula is C16H26N2O2S. The van der Waals surface area contributed by atoms with Gasteiger partial charge in [-0.25, -0.2) is 4.99 Å². The second-order valence-electron chi connectivity index (χ2n) is 7.71. The molecule has 4 rings (SSSR count). The Balaban J connectivity index is 1.42. The molecule has 0 aromatic heterocycles. The Hall–Kier alpha value is -0.260. The van der Waals surface area contributed by atoms with Gasteiger partial charge in [0.2, 0.25) is 0 Å². The summed E-state index contributed by atoms with van der Waals surface area (Å²) in [4.78, 5) is 4.44. The Morgan fingerprint density at radius 1 is 1.24 bits per heavy atom. The van der Waals surface area contributed by atoms with Gasteiger partial charge in [-0.3, -0.25) is 0 Å². The zero-order valence-corrected chi connectivity index (χ0v) is 13.9. The van der Waals surface area contributed by atoms with Crippen molar-refractivity contribution in [2.24, 2.45) is 16.8 Å². The Morgan fingerprint density at radius 3 is 2.86 bits per heavy atom. The summed E-state index contributed by atoms with van der Waals surface area (Å²) >= 11 is 1.81. The van der Waals surface area contributed by atoms with Crippen LogP contribution in [0.25, 0.3) is 0 Å². The van der Waals surface area contributed by atoms with E-state index in [4.69, 9.17) is 9.47 Å². The van der Waals surface area contributed by atoms with Crippen molar-refractivity contribution >= 4 is 16.9 Å². The van der Waals surface area contributed by atoms with E-state index < -0.39 is 0 Å². The van der Waals surface area contributed by atoms with Gasteiger partial charge < -0.3 is 14.8 Å². The molecule has 0 aromatic carbocycles. The Kier molecular flexibility index (Phi) is 3.51. The van der Waals surface area contributed by atoms with Gasteiger partial charge in [-0.05, 0) is 44.9 Å². The molecule has 3 fully saturated rings. The van der Waals surface area contributed by atoms with Gasteiger partial charge in [0.1, 0.15) is 11.7 Å². The lowest BCUT2D eigenvalue weighted by atomic mass is 9.95. The van der Waals surface area contributed by atoms with E-state index in [0.717, 1.165) is 36.5 Å². The van der Waals surface area contributed by atoms with Crippen LogP contribution in [-0.4, -0.2) is 35.1 Å². The summed E-state index contributed by atoms with van der Waals surface area (Å²) < 4.78 is 11.9. The van der Waals surface area contributed by atoms with Crippen LogP contribution in [0.4, 0.5) is 0 Å². The lowest BCUT2D eigenvalue weighted by Gasteiger charge is -2.45. The van der Waals surface area contributed by atoms with Gasteiger partial charge in [0.25, 0.3) is 0 Å². The zero-order valence-electron chi connectivity index (χ0n) is 13.1. The van der Waals surface area contributed by atoms with Crippen LogP contribution in [-0.2, 0) is 9.47 Å². The molecule has 1 unspecified atom stereocenters. The highest BCUT2D eigenvalue weighted by Crippen LogP contribution is 2.47. The second-order valence-corrected chi connectivity index (χ2v) is 9.04. The Morgan fingerprint density at radius 2 is 2.14 bits per heavy atom. The van der Waals surface area contributed by atoms with Gasteiger partial charge in [0.05, 0.1) is 12.2 Å². The van der Waals surface area contributed by atoms with E-state index in [0.29, 0.717) is 12.8 Å². The van der Waals surface area contributed by atoms with E-state index in [1.807, 2.05) is 11.8 Å². The van der Waals surface area contributed by atoms with Crippen molar-refractivity contribution in [3.05, 3.63) is 0 Å². The van der Waals surface area contributed by atoms with E-state index in [9.17, 15) is 0 Å². The first kappa shape index (κ1) is 14.3. The van der Waals surface area contributed by atoms with Crippen LogP contribution in [0.3, 0.4) is 0 Å². The van der Waals surface area contributed by atoms with Crippen molar-refractivity contribution in [1.82, 2.24) is 5.32 Å². The fourth-order valence-electron chi connectivity index (χ4n) is 4.58. The number of nitrogens with zero attached hydrogens (tertiary/aromatic N) is 1. The van der Waals surface area contributed by atoms with Gasteiger partial charge in [0, 0.05) is 18.9 Å². The molecule has 0 aromatic rings. The topological polar surface area (TPSA) is 42.9 Å². The molecule has 0 amide bonds. The molecule has 2 aliphatic carbocycles. The summed E-state index contributed by atoms with van der Waals surface area (Å²) in [5.74, 6) is 1.84. The van der Waals surface area contributed by atoms with E-state index in [2.05, 4.69) is 24.2 Å². The first-order valence-corrected chi connectivity index (χ1v) is 9.13. The third kappa shape index (κ3) is 2.84. The number of ether oxygens (including phenoxy) is 2. The third-order valence-electron chi connectivity index (χ3n) is 5.54. The quantitative estimate of drug-likeness (QED) is 0.808. The Labute approximate surface area is 131 Å². The van der Waals surface area contributed by atoms with Crippen molar-refractivity contribution in [2.45, 2.75) is 68.9 Å². The van der Waals surface area contributed by atoms with E-state index in [1.165, 1.54) is 25.7 Å². The fourth-order valence-corrected chi connectivity index (χ4v) is 5.98. The van der Waals surface area contributed by atoms with E-state index >= 15 is 0 Å². The number of amidine groups is 1. The lowest BCUT2D eigenvalue weighted by Crippen LogP contribution is -2.50. The highest BCUT2D eigenvalue weighted by Gasteiger charge is 2.46. The molecule has 118 valence electrons. The molecule has 21 heavy (non-hydrogen) atoms. The predicted molar refractivity (Wildman–Crippen MR) is 85.3 cm³/mol. The number of rotatable bonds is 1. The second kappa shape index (κ2) is 5.14. The minimum absolute atomic E-state index is 0.0971. The minimum atomic E-state index is -0.135. The lowest BCUT2D eigenvalue weighted by molar-refractivity contribution is -0.129. The zero-order chi connectivity index (χ0) is 14.5. The van der Waals surface area contributed by atoms with Crippen LogP contribution in [0.2, 0.25) is 0 Å². The SMILES string of the molecule is CC1(C)CC2(CCO1)OCN=C(N[C@H]1C[C@@H]3CC[C@H]1C3)S2. The highest BCUT2D eigenvalue weighted by molar-refractivity contribution is 8.14. The summed E-state index contributed by atoms with van der Waals surface area (Å²) in [7, 11) is 0. The molecule has 2 heterocycles. The van der Waals surface area contributed by atoms with Crippen LogP contribution < -0.4 is 5.32 Å². The number of fused-ring (bicyclic) bond motifs is 2. The minimum Gasteiger partial charge on any atom is -0.375 e. The van der Waals surface area contributed by atoms with Crippen LogP contribution in [0, 0.1) is 11.8 Å². The summed E-state index contributed by atoms with van der Waals surface area (Å²) in [6.45, 7) is 5.59. The molecule has 4 aliphatic rings. The average molecular weight is 310 g/mol. The Bertz CT molecular complexity index is 454. The van der Waals surface area contributed by atoms with Crippen molar-refractivity contribution in [3.8, 4) is 0 Å². The number of aliphatic imine (C=N–C) groups is 1. The first-order chi connectivity index (χ1) is 10.0. The maximum atomic E-state index is 6.05. The molecule has 4 nitrogen and oxygen atoms in total. The van der Waals surface area contributed by atoms with Crippen LogP contribution >= 0.6 is 11.8 Å². The van der Waals surface area contributed by atoms with E-state index in [1.54, 1.807) is 0 Å². The summed E-state index contributed by atoms with van der Waals surface area (Å²) in [6, 6.07) is 0.651. The molecule has 4 atom stereocenters. The number of thioether (sulfide) groups is 1. The van der Waals surface area contributed by atoms with Crippen molar-refractivity contribution in [2.75, 3.05) is 13.3 Å². The van der Waals surface area contributed by atoms with Crippen LogP contribution in [0.15, 0.2) is 4.99 Å². The van der Waals surface area contributed by atoms with Crippen molar-refractivity contribution < 1.29 is 9.47 Å². The van der Waals surface area contributed by atoms with Gasteiger partial charge in [-0.2, -0.15) is 0 Å². The highest BCUT2D eigenvalue weighted by atomic mass is 32.2. The van der Waals surface area contributed by atoms with Crippen LogP contribution in [0.1, 0.15) is 52.4 Å². The standard InChI is InChI=1S/C16H26N2O2S/c1-15(2)9-16(5-6-19-15)20-10-17-14(21-16)18-13-8-11-3-4-12(13)7-11/h11-13H,3-10H2,1-2H3,(H,17,18)/t11-,12+,13+,16?/m1/s1. The molecule has 0 radical (unpaired) electrons. The third-order valence-corrected chi connectivity index (χ3v) is 6.81. The molecule has 2 saturated carbocycles. The predicted octanol–water partition coefficient (Wildman–Crippen LogP) is 3.13. The number of hydrogen-bond donors (Lipinski definition) is 1. The molecule has 2 bridgehead atoms. The molecular weight excluding hydrogens is 284 g/mol. The van der Waals surface area contributed by atoms with Crippen molar-refractivity contribution in [3.63, 3.8) is 0 Å². The van der Waals surface area contributed by atoms with Gasteiger partial charge in [-0.1, -0.05) is 18.2 Å². The number of hydrogen-bond acceptors (Lipinski definition) is 5. The van der Waals surface area contributed by atoms with Crippen LogP contribution in [0.5, 0.6) is 0 Å². The van der Waals surface area contributed by atoms with Gasteiger partial charge in [-0.15, -0.1) is 0 Å². The smallest absolute Gasteiger partial charge is 0.161 e. The van der Waals surface area contributed by atoms with E-state index in [-0.39, 0.29) is 10.5 Å². The van der Waals surface area contributed by atoms with Gasteiger partial charge in [0.15, 0.2) is 5.17 Å². The fraction of sp³-hybridized carbons (Fsp3) is 0.938. The molecule has 1 N–H and O–H groups in total. The molecule has 5 heteroatoms. The summed E-state index contributed by atoms with van der Waals surface area (Å²) in [6.07, 6.45) is 7.51. The molecule has 2 aliphatic heterocycles. The summed E-state index contributed by atoms with van der Waals surface area (Å²) in [5.41, 5.74) is -0.0971.